The van der Waals surface area contributed by atoms with E-state index >= 15 is 0 Å². The number of carbonyl (C=O) groups excluding carboxylic acids is 3. The second-order valence-electron chi connectivity index (χ2n) is 13.3. The maximum atomic E-state index is 13.0. The molecule has 4 aliphatic carbocycles. The predicted octanol–water partition coefficient (Wildman–Crippen LogP) is 5.79. The lowest BCUT2D eigenvalue weighted by molar-refractivity contribution is -0.185. The molecule has 0 radical (unpaired) electrons. The first kappa shape index (κ1) is 27.6. The molecular formula is C32H47NO5. The average molecular weight is 526 g/mol. The molecule has 3 fully saturated rings. The lowest BCUT2D eigenvalue weighted by Gasteiger charge is -2.58. The quantitative estimate of drug-likeness (QED) is 0.409. The van der Waals surface area contributed by atoms with Crippen LogP contribution >= 0.6 is 0 Å². The Labute approximate surface area is 228 Å². The van der Waals surface area contributed by atoms with Crippen molar-refractivity contribution in [3.8, 4) is 0 Å². The highest BCUT2D eigenvalue weighted by Crippen LogP contribution is 2.68. The summed E-state index contributed by atoms with van der Waals surface area (Å²) >= 11 is 0. The first-order valence-corrected chi connectivity index (χ1v) is 15.0. The van der Waals surface area contributed by atoms with Crippen LogP contribution in [0.15, 0.2) is 23.3 Å². The van der Waals surface area contributed by atoms with Gasteiger partial charge in [-0.15, -0.1) is 0 Å². The minimum atomic E-state index is -1.01. The summed E-state index contributed by atoms with van der Waals surface area (Å²) in [5.74, 6) is 0.690. The number of carbonyl (C=O) groups is 3. The van der Waals surface area contributed by atoms with Crippen LogP contribution in [-0.4, -0.2) is 54.0 Å². The van der Waals surface area contributed by atoms with E-state index in [4.69, 9.17) is 9.47 Å². The van der Waals surface area contributed by atoms with Crippen molar-refractivity contribution < 1.29 is 23.9 Å². The van der Waals surface area contributed by atoms with Gasteiger partial charge < -0.3 is 14.4 Å². The van der Waals surface area contributed by atoms with Crippen molar-refractivity contribution in [2.24, 2.45) is 28.6 Å². The first-order valence-electron chi connectivity index (χ1n) is 15.0. The smallest absolute Gasteiger partial charge is 0.307 e. The summed E-state index contributed by atoms with van der Waals surface area (Å²) in [6, 6.07) is 0. The summed E-state index contributed by atoms with van der Waals surface area (Å²) in [6.45, 7) is 12.8. The second-order valence-corrected chi connectivity index (χ2v) is 13.3. The number of rotatable bonds is 6. The van der Waals surface area contributed by atoms with Gasteiger partial charge in [-0.25, -0.2) is 0 Å². The molecule has 1 saturated heterocycles. The van der Waals surface area contributed by atoms with Crippen LogP contribution in [0.1, 0.15) is 98.8 Å². The predicted molar refractivity (Wildman–Crippen MR) is 146 cm³/mol. The molecule has 38 heavy (non-hydrogen) atoms. The Bertz CT molecular complexity index is 1040. The molecule has 1 heterocycles. The summed E-state index contributed by atoms with van der Waals surface area (Å²) in [5, 5.41) is 0. The van der Waals surface area contributed by atoms with Crippen LogP contribution in [-0.2, 0) is 23.9 Å². The molecule has 0 amide bonds. The van der Waals surface area contributed by atoms with Crippen LogP contribution in [0.2, 0.25) is 0 Å². The van der Waals surface area contributed by atoms with Crippen LogP contribution in [0.5, 0.6) is 0 Å². The van der Waals surface area contributed by atoms with Crippen LogP contribution in [0, 0.1) is 28.6 Å². The Morgan fingerprint density at radius 3 is 2.34 bits per heavy atom. The molecule has 7 atom stereocenters. The summed E-state index contributed by atoms with van der Waals surface area (Å²) in [4.78, 5) is 40.2. The zero-order chi connectivity index (χ0) is 27.3. The van der Waals surface area contributed by atoms with Crippen LogP contribution in [0.4, 0.5) is 0 Å². The highest BCUT2D eigenvalue weighted by Gasteiger charge is 2.67. The van der Waals surface area contributed by atoms with Crippen molar-refractivity contribution in [3.05, 3.63) is 23.3 Å². The van der Waals surface area contributed by atoms with E-state index in [0.717, 1.165) is 51.7 Å². The van der Waals surface area contributed by atoms with Gasteiger partial charge in [-0.1, -0.05) is 31.9 Å². The van der Waals surface area contributed by atoms with Crippen molar-refractivity contribution >= 4 is 17.7 Å². The van der Waals surface area contributed by atoms with Gasteiger partial charge in [0.2, 0.25) is 0 Å². The summed E-state index contributed by atoms with van der Waals surface area (Å²) in [7, 11) is 0. The normalized spacial score (nSPS) is 40.7. The molecule has 1 aliphatic heterocycles. The molecule has 0 aromatic rings. The highest BCUT2D eigenvalue weighted by molar-refractivity contribution is 5.89. The number of allylic oxidation sites excluding steroid dienone is 3. The number of likely N-dealkylation sites (tertiary alicyclic amines) is 1. The average Bonchev–Trinajstić information content (AvgIpc) is 3.17. The molecule has 0 bridgehead atoms. The maximum absolute atomic E-state index is 13.0. The highest BCUT2D eigenvalue weighted by atomic mass is 16.6. The Morgan fingerprint density at radius 2 is 1.66 bits per heavy atom. The number of piperidine rings is 1. The molecule has 5 rings (SSSR count). The van der Waals surface area contributed by atoms with E-state index in [0.29, 0.717) is 30.6 Å². The molecule has 2 saturated carbocycles. The number of ketones is 1. The fraction of sp³-hybridized carbons (Fsp3) is 0.781. The minimum Gasteiger partial charge on any atom is -0.458 e. The van der Waals surface area contributed by atoms with E-state index in [1.807, 2.05) is 0 Å². The number of ether oxygens (including phenoxy) is 2. The molecule has 0 spiro atoms. The third kappa shape index (κ3) is 4.49. The standard InChI is InChI=1S/C32H47NO5/c1-21-19-25-26(10-14-31(5)27(25)11-15-32(31,22(2)34)38-23(3)35)30(4)13-9-24(20-28(21)30)37-29(36)12-18-33-16-7-6-8-17-33/h19-20,24-27H,6-18H2,1-5H3. The minimum absolute atomic E-state index is 0.0120. The molecule has 0 aromatic carbocycles. The van der Waals surface area contributed by atoms with Crippen molar-refractivity contribution in [2.75, 3.05) is 19.6 Å². The van der Waals surface area contributed by atoms with Crippen molar-refractivity contribution in [1.82, 2.24) is 4.90 Å². The van der Waals surface area contributed by atoms with Crippen molar-refractivity contribution in [2.45, 2.75) is 111 Å². The van der Waals surface area contributed by atoms with Crippen LogP contribution in [0.3, 0.4) is 0 Å². The topological polar surface area (TPSA) is 72.9 Å². The van der Waals surface area contributed by atoms with Gasteiger partial charge in [0.15, 0.2) is 11.4 Å². The number of hydrogen-bond acceptors (Lipinski definition) is 6. The fourth-order valence-corrected chi connectivity index (χ4v) is 9.37. The van der Waals surface area contributed by atoms with E-state index in [9.17, 15) is 14.4 Å². The fourth-order valence-electron chi connectivity index (χ4n) is 9.37. The molecule has 7 unspecified atom stereocenters. The SMILES string of the molecule is CC(=O)OC1(C(C)=O)CCC2C3C=C(C)C4=CC(OC(=O)CCN5CCCCC5)CCC4(C)C3CCC21C. The van der Waals surface area contributed by atoms with Gasteiger partial charge in [0.1, 0.15) is 6.10 Å². The zero-order valence-corrected chi connectivity index (χ0v) is 24.1. The van der Waals surface area contributed by atoms with E-state index < -0.39 is 5.60 Å². The number of Topliss-reactive ketones (excluding diaryl/α,β-unsaturated/α-hetero) is 1. The number of fused-ring (bicyclic) bond motifs is 5. The molecule has 0 aromatic heterocycles. The molecule has 5 aliphatic rings. The second kappa shape index (κ2) is 10.2. The molecule has 6 heteroatoms. The van der Waals surface area contributed by atoms with Gasteiger partial charge in [0, 0.05) is 18.9 Å². The van der Waals surface area contributed by atoms with E-state index in [1.54, 1.807) is 6.92 Å². The Hall–Kier alpha value is -1.95. The van der Waals surface area contributed by atoms with E-state index in [1.165, 1.54) is 37.3 Å². The molecule has 210 valence electrons. The largest absolute Gasteiger partial charge is 0.458 e. The Balaban J connectivity index is 1.34. The van der Waals surface area contributed by atoms with Crippen LogP contribution in [0.25, 0.3) is 0 Å². The van der Waals surface area contributed by atoms with Crippen molar-refractivity contribution in [1.29, 1.82) is 0 Å². The monoisotopic (exact) mass is 525 g/mol. The third-order valence-corrected chi connectivity index (χ3v) is 11.3. The van der Waals surface area contributed by atoms with E-state index in [2.05, 4.69) is 37.8 Å². The number of nitrogens with zero attached hydrogens (tertiary/aromatic N) is 1. The van der Waals surface area contributed by atoms with Crippen molar-refractivity contribution in [3.63, 3.8) is 0 Å². The molecule has 0 N–H and O–H groups in total. The summed E-state index contributed by atoms with van der Waals surface area (Å²) in [5.41, 5.74) is 1.30. The van der Waals surface area contributed by atoms with Gasteiger partial charge in [-0.3, -0.25) is 14.4 Å². The number of hydrogen-bond donors (Lipinski definition) is 0. The van der Waals surface area contributed by atoms with Gasteiger partial charge in [-0.05, 0) is 113 Å². The third-order valence-electron chi connectivity index (χ3n) is 11.3. The molecular weight excluding hydrogens is 478 g/mol. The van der Waals surface area contributed by atoms with Gasteiger partial charge in [0.25, 0.3) is 0 Å². The van der Waals surface area contributed by atoms with Gasteiger partial charge in [0.05, 0.1) is 6.42 Å². The Morgan fingerprint density at radius 1 is 0.947 bits per heavy atom. The van der Waals surface area contributed by atoms with Gasteiger partial charge >= 0.3 is 11.9 Å². The van der Waals surface area contributed by atoms with Gasteiger partial charge in [-0.2, -0.15) is 0 Å². The van der Waals surface area contributed by atoms with E-state index in [-0.39, 0.29) is 34.7 Å². The Kier molecular flexibility index (Phi) is 7.43. The maximum Gasteiger partial charge on any atom is 0.307 e. The first-order chi connectivity index (χ1) is 18.0. The zero-order valence-electron chi connectivity index (χ0n) is 24.1. The molecule has 6 nitrogen and oxygen atoms in total. The lowest BCUT2D eigenvalue weighted by Crippen LogP contribution is -2.58. The summed E-state index contributed by atoms with van der Waals surface area (Å²) in [6.07, 6.45) is 14.0. The lowest BCUT2D eigenvalue weighted by atomic mass is 9.47. The summed E-state index contributed by atoms with van der Waals surface area (Å²) < 4.78 is 11.9. The number of esters is 2. The van der Waals surface area contributed by atoms with Crippen LogP contribution < -0.4 is 0 Å².